The van der Waals surface area contributed by atoms with Crippen molar-refractivity contribution in [1.82, 2.24) is 0 Å². The van der Waals surface area contributed by atoms with Crippen molar-refractivity contribution in [2.45, 2.75) is 125 Å². The Morgan fingerprint density at radius 1 is 0.493 bits per heavy atom. The van der Waals surface area contributed by atoms with Crippen LogP contribution in [-0.4, -0.2) is 120 Å². The zero-order valence-corrected chi connectivity index (χ0v) is 38.1. The molecular weight excluding hydrogens is 986 g/mol. The van der Waals surface area contributed by atoms with E-state index in [0.29, 0.717) is 78.8 Å². The highest BCUT2D eigenvalue weighted by Gasteiger charge is 2.95. The third-order valence-corrected chi connectivity index (χ3v) is 11.5. The minimum atomic E-state index is -8.62. The largest absolute Gasteiger partial charge is 0.460 e. The van der Waals surface area contributed by atoms with Crippen LogP contribution in [0.4, 0.5) is 74.6 Å². The second-order valence-electron chi connectivity index (χ2n) is 15.3. The van der Waals surface area contributed by atoms with Gasteiger partial charge in [0.1, 0.15) is 13.2 Å². The lowest BCUT2D eigenvalue weighted by Crippen LogP contribution is -2.74. The first kappa shape index (κ1) is 60.6. The molecule has 386 valence electrons. The summed E-state index contributed by atoms with van der Waals surface area (Å²) in [6.45, 7) is 9.72. The van der Waals surface area contributed by atoms with Gasteiger partial charge >= 0.3 is 47.6 Å². The van der Waals surface area contributed by atoms with E-state index in [1.165, 1.54) is 0 Å². The molecule has 2 rings (SSSR count). The molecule has 2 atom stereocenters. The zero-order chi connectivity index (χ0) is 50.8. The van der Waals surface area contributed by atoms with Crippen molar-refractivity contribution in [3.05, 3.63) is 60.2 Å². The number of nitrogens with zero attached hydrogens (tertiary/aromatic N) is 2. The summed E-state index contributed by atoms with van der Waals surface area (Å²) < 4.78 is 261. The zero-order valence-electron chi connectivity index (χ0n) is 36.4. The number of alkyl halides is 17. The summed E-state index contributed by atoms with van der Waals surface area (Å²) in [6.07, 6.45) is -2.96. The van der Waals surface area contributed by atoms with Gasteiger partial charge in [-0.25, -0.2) is 9.13 Å². The fourth-order valence-electron chi connectivity index (χ4n) is 6.35. The highest BCUT2D eigenvalue weighted by atomic mass is 32.4. The Labute approximate surface area is 383 Å². The van der Waals surface area contributed by atoms with E-state index >= 15 is 0 Å². The molecule has 0 fully saturated rings. The van der Waals surface area contributed by atoms with Crippen LogP contribution >= 0.6 is 7.36 Å². The van der Waals surface area contributed by atoms with Gasteiger partial charge in [-0.2, -0.15) is 74.6 Å². The van der Waals surface area contributed by atoms with Crippen LogP contribution in [0.3, 0.4) is 0 Å². The van der Waals surface area contributed by atoms with Crippen molar-refractivity contribution in [2.75, 3.05) is 72.2 Å². The van der Waals surface area contributed by atoms with Crippen molar-refractivity contribution in [2.24, 2.45) is 0 Å². The van der Waals surface area contributed by atoms with Crippen LogP contribution < -0.4 is 9.13 Å². The molecule has 2 unspecified atom stereocenters. The number of aryl methyl sites for hydroxylation is 1. The fourth-order valence-corrected chi connectivity index (χ4v) is 7.43. The van der Waals surface area contributed by atoms with Crippen molar-refractivity contribution < 1.29 is 107 Å². The van der Waals surface area contributed by atoms with Crippen LogP contribution in [0.5, 0.6) is 0 Å². The average molecular weight is 1040 g/mol. The topological polar surface area (TPSA) is 53.9 Å². The maximum atomic E-state index is 14.2. The van der Waals surface area contributed by atoms with E-state index in [9.17, 15) is 74.6 Å². The molecule has 0 aliphatic carbocycles. The summed E-state index contributed by atoms with van der Waals surface area (Å²) in [5.41, 5.74) is 2.05. The monoisotopic (exact) mass is 1040 g/mol. The van der Waals surface area contributed by atoms with E-state index in [1.807, 2.05) is 48.1 Å². The highest BCUT2D eigenvalue weighted by Crippen LogP contribution is 2.64. The molecule has 0 saturated heterocycles. The Balaban J connectivity index is 1.81. The maximum absolute atomic E-state index is 14.2. The summed E-state index contributed by atoms with van der Waals surface area (Å²) in [6, 6.07) is 7.70. The first-order valence-corrected chi connectivity index (χ1v) is 23.0. The lowest BCUT2D eigenvalue weighted by molar-refractivity contribution is -0.698. The van der Waals surface area contributed by atoms with Gasteiger partial charge in [-0.3, -0.25) is 0 Å². The number of hydrogen-bond acceptors (Lipinski definition) is 6. The summed E-state index contributed by atoms with van der Waals surface area (Å²) in [7, 11) is 0.725. The van der Waals surface area contributed by atoms with Crippen molar-refractivity contribution in [1.29, 1.82) is 0 Å². The van der Waals surface area contributed by atoms with Crippen LogP contribution in [0.1, 0.15) is 75.3 Å². The maximum Gasteiger partial charge on any atom is 0.460 e. The van der Waals surface area contributed by atoms with Gasteiger partial charge in [-0.15, -0.1) is 0 Å². The molecule has 26 heteroatoms. The van der Waals surface area contributed by atoms with Crippen molar-refractivity contribution >= 4 is 19.2 Å². The minimum absolute atomic E-state index is 0.0545. The molecule has 7 nitrogen and oxygen atoms in total. The van der Waals surface area contributed by atoms with Gasteiger partial charge in [-0.05, 0) is 56.5 Å². The van der Waals surface area contributed by atoms with Crippen LogP contribution in [0, 0.1) is 0 Å². The van der Waals surface area contributed by atoms with Gasteiger partial charge in [0.15, 0.2) is 31.3 Å². The number of aromatic nitrogens is 2. The Bertz CT molecular complexity index is 1730. The third kappa shape index (κ3) is 16.0. The van der Waals surface area contributed by atoms with E-state index in [1.54, 1.807) is 17.0 Å². The molecule has 2 heterocycles. The predicted molar refractivity (Wildman–Crippen MR) is 212 cm³/mol. The Kier molecular flexibility index (Phi) is 24.0. The van der Waals surface area contributed by atoms with Gasteiger partial charge in [-0.1, -0.05) is 25.2 Å². The Morgan fingerprint density at radius 3 is 1.33 bits per heavy atom. The quantitative estimate of drug-likeness (QED) is 0.0297. The summed E-state index contributed by atoms with van der Waals surface area (Å²) in [4.78, 5) is 0. The second kappa shape index (κ2) is 26.6. The van der Waals surface area contributed by atoms with Crippen molar-refractivity contribution in [3.63, 3.8) is 0 Å². The first-order chi connectivity index (χ1) is 31.1. The van der Waals surface area contributed by atoms with E-state index < -0.39 is 66.9 Å². The van der Waals surface area contributed by atoms with E-state index in [-0.39, 0.29) is 31.2 Å². The van der Waals surface area contributed by atoms with Crippen LogP contribution in [0.25, 0.3) is 0 Å². The lowest BCUT2D eigenvalue weighted by atomic mass is 9.87. The Hall–Kier alpha value is -2.57. The van der Waals surface area contributed by atoms with Gasteiger partial charge in [0.05, 0.1) is 52.9 Å². The average Bonchev–Trinajstić information content (AvgIpc) is 3.25. The first-order valence-electron chi connectivity index (χ1n) is 20.9. The Morgan fingerprint density at radius 2 is 0.881 bits per heavy atom. The van der Waals surface area contributed by atoms with E-state index in [4.69, 9.17) is 35.5 Å². The number of hydrogen-bond donors (Lipinski definition) is 0. The van der Waals surface area contributed by atoms with Crippen molar-refractivity contribution in [3.8, 4) is 0 Å². The minimum Gasteiger partial charge on any atom is -0.379 e. The number of unbranched alkanes of at least 4 members (excludes halogenated alkanes) is 3. The summed E-state index contributed by atoms with van der Waals surface area (Å²) in [5.74, 6) is -55.9. The molecule has 0 spiro atoms. The number of halogens is 17. The van der Waals surface area contributed by atoms with Crippen LogP contribution in [-0.2, 0) is 48.6 Å². The predicted octanol–water partition coefficient (Wildman–Crippen LogP) is 11.0. The molecule has 2 aromatic heterocycles. The molecule has 0 bridgehead atoms. The van der Waals surface area contributed by atoms with Gasteiger partial charge in [0.25, 0.3) is 0 Å². The highest BCUT2D eigenvalue weighted by molar-refractivity contribution is 7.96. The molecule has 0 amide bonds. The number of rotatable bonds is 35. The lowest BCUT2D eigenvalue weighted by Gasteiger charge is -2.42. The van der Waals surface area contributed by atoms with Crippen LogP contribution in [0.15, 0.2) is 49.1 Å². The van der Waals surface area contributed by atoms with E-state index in [2.05, 4.69) is 6.92 Å². The molecule has 0 radical (unpaired) electrons. The fraction of sp³-hybridized carbons (Fsp3) is 0.756. The molecule has 0 aromatic carbocycles. The SMILES string of the molecule is CCOCCOCCOCCOCCOCC[n+]1ccc(C(C)CC(CP=S)c2cc[n+](CCCCCCC(F)(F)C(F)(F)C(F)(F)C(F)(F)C(F)(F)C(F)(F)C(F)(F)C(F)(F)F)cc2)cc1. The van der Waals surface area contributed by atoms with Gasteiger partial charge < -0.3 is 23.7 Å². The molecule has 0 N–H and O–H groups in total. The molecule has 0 aliphatic rings. The third-order valence-electron chi connectivity index (χ3n) is 10.4. The normalized spacial score (nSPS) is 14.8. The summed E-state index contributed by atoms with van der Waals surface area (Å²) in [5, 5.41) is 0. The number of pyridine rings is 2. The smallest absolute Gasteiger partial charge is 0.379 e. The standard InChI is InChI=1S/C41H54F17N2O5PS/c1-3-61-20-21-63-24-25-65-27-26-64-23-22-62-19-18-60-14-8-31(9-15-60)30(2)28-33(29-66-67)32-10-16-59(17-11-32)13-7-5-4-6-12-34(42,43)35(44,45)36(46,47)37(48,49)38(50,51)39(52,53)40(54,55)41(56,57)58/h8-11,14-17,30,33H,3-7,12-13,18-29H2,1-2H3/q+2. The molecule has 2 aromatic rings. The van der Waals surface area contributed by atoms with Crippen LogP contribution in [0.2, 0.25) is 0 Å². The summed E-state index contributed by atoms with van der Waals surface area (Å²) >= 11 is 5.23. The molecule has 0 saturated carbocycles. The van der Waals surface area contributed by atoms with E-state index in [0.717, 1.165) is 24.9 Å². The molecular formula is C41H54F17N2O5PS+2. The number of ether oxygens (including phenoxy) is 5. The van der Waals surface area contributed by atoms with Gasteiger partial charge in [0.2, 0.25) is 0 Å². The second-order valence-corrected chi connectivity index (χ2v) is 16.7. The molecule has 67 heavy (non-hydrogen) atoms. The van der Waals surface area contributed by atoms with Gasteiger partial charge in [0, 0.05) is 49.9 Å². The molecule has 0 aliphatic heterocycles.